The standard InChI is InChI=1S/C6H11IO6/c7-6(13)5(12)4(11)3(10)2(9)1-8/h1-6,9-13H/t2-,3+,4+,5-,6?/m0/s1. The van der Waals surface area contributed by atoms with Crippen molar-refractivity contribution in [2.45, 2.75) is 28.5 Å². The fourth-order valence-electron chi connectivity index (χ4n) is 0.647. The molecule has 1 unspecified atom stereocenters. The maximum atomic E-state index is 9.98. The van der Waals surface area contributed by atoms with Gasteiger partial charge in [0.1, 0.15) is 28.5 Å². The van der Waals surface area contributed by atoms with Crippen LogP contribution in [-0.4, -0.2) is 60.3 Å². The van der Waals surface area contributed by atoms with Crippen molar-refractivity contribution in [3.05, 3.63) is 0 Å². The van der Waals surface area contributed by atoms with E-state index in [1.807, 2.05) is 0 Å². The topological polar surface area (TPSA) is 118 Å². The summed E-state index contributed by atoms with van der Waals surface area (Å²) >= 11 is 1.42. The SMILES string of the molecule is O=C[C@H](O)[C@@H](O)[C@@H](O)[C@H](O)C(O)I. The van der Waals surface area contributed by atoms with Crippen LogP contribution in [0.2, 0.25) is 0 Å². The van der Waals surface area contributed by atoms with Crippen LogP contribution in [0.3, 0.4) is 0 Å². The second kappa shape index (κ2) is 5.83. The molecule has 0 aromatic heterocycles. The highest BCUT2D eigenvalue weighted by Gasteiger charge is 2.32. The van der Waals surface area contributed by atoms with E-state index in [2.05, 4.69) is 0 Å². The lowest BCUT2D eigenvalue weighted by molar-refractivity contribution is -0.137. The van der Waals surface area contributed by atoms with Gasteiger partial charge >= 0.3 is 0 Å². The molecule has 7 heteroatoms. The highest BCUT2D eigenvalue weighted by atomic mass is 127. The number of aldehydes is 1. The first-order valence-corrected chi connectivity index (χ1v) is 4.66. The Morgan fingerprint density at radius 3 is 1.69 bits per heavy atom. The van der Waals surface area contributed by atoms with Gasteiger partial charge in [0.2, 0.25) is 0 Å². The maximum Gasteiger partial charge on any atom is 0.151 e. The van der Waals surface area contributed by atoms with E-state index < -0.39 is 28.5 Å². The van der Waals surface area contributed by atoms with Crippen molar-refractivity contribution in [3.63, 3.8) is 0 Å². The van der Waals surface area contributed by atoms with Gasteiger partial charge in [-0.3, -0.25) is 0 Å². The van der Waals surface area contributed by atoms with Gasteiger partial charge in [0.05, 0.1) is 0 Å². The first-order chi connectivity index (χ1) is 5.91. The number of rotatable bonds is 5. The molecule has 0 saturated heterocycles. The van der Waals surface area contributed by atoms with Crippen LogP contribution in [0.5, 0.6) is 0 Å². The fourth-order valence-corrected chi connectivity index (χ4v) is 1.07. The van der Waals surface area contributed by atoms with E-state index in [4.69, 9.17) is 25.5 Å². The minimum Gasteiger partial charge on any atom is -0.387 e. The second-order valence-electron chi connectivity index (χ2n) is 2.47. The van der Waals surface area contributed by atoms with Crippen LogP contribution in [0.4, 0.5) is 0 Å². The summed E-state index contributed by atoms with van der Waals surface area (Å²) in [6, 6.07) is 0. The van der Waals surface area contributed by atoms with Crippen LogP contribution in [0.25, 0.3) is 0 Å². The Morgan fingerprint density at radius 1 is 0.923 bits per heavy atom. The summed E-state index contributed by atoms with van der Waals surface area (Å²) in [5.41, 5.74) is 0. The van der Waals surface area contributed by atoms with Crippen molar-refractivity contribution in [3.8, 4) is 0 Å². The molecule has 0 aliphatic rings. The van der Waals surface area contributed by atoms with Crippen molar-refractivity contribution >= 4 is 28.9 Å². The van der Waals surface area contributed by atoms with Crippen molar-refractivity contribution in [1.82, 2.24) is 0 Å². The van der Waals surface area contributed by atoms with Gasteiger partial charge in [-0.1, -0.05) is 0 Å². The Balaban J connectivity index is 4.23. The van der Waals surface area contributed by atoms with Crippen LogP contribution >= 0.6 is 22.6 Å². The minimum absolute atomic E-state index is 0.0280. The van der Waals surface area contributed by atoms with Gasteiger partial charge in [0.15, 0.2) is 6.29 Å². The number of hydrogen-bond acceptors (Lipinski definition) is 6. The Bertz CT molecular complexity index is 163. The molecule has 0 aliphatic heterocycles. The van der Waals surface area contributed by atoms with Gasteiger partial charge < -0.3 is 30.3 Å². The zero-order valence-corrected chi connectivity index (χ0v) is 8.64. The first-order valence-electron chi connectivity index (χ1n) is 3.41. The average Bonchev–Trinajstić information content (AvgIpc) is 2.12. The van der Waals surface area contributed by atoms with E-state index in [1.165, 1.54) is 22.6 Å². The van der Waals surface area contributed by atoms with Gasteiger partial charge in [-0.15, -0.1) is 0 Å². The lowest BCUT2D eigenvalue weighted by atomic mass is 10.0. The molecule has 0 bridgehead atoms. The monoisotopic (exact) mass is 306 g/mol. The summed E-state index contributed by atoms with van der Waals surface area (Å²) in [7, 11) is 0. The predicted octanol–water partition coefficient (Wildman–Crippen LogP) is -2.62. The summed E-state index contributed by atoms with van der Waals surface area (Å²) in [4.78, 5) is 9.98. The summed E-state index contributed by atoms with van der Waals surface area (Å²) in [5.74, 6) is 0. The Kier molecular flexibility index (Phi) is 5.92. The normalized spacial score (nSPS) is 22.9. The molecule has 0 heterocycles. The molecule has 5 atom stereocenters. The minimum atomic E-state index is -1.81. The number of halogens is 1. The molecule has 0 aromatic carbocycles. The fraction of sp³-hybridized carbons (Fsp3) is 0.833. The third-order valence-electron chi connectivity index (χ3n) is 1.47. The summed E-state index contributed by atoms with van der Waals surface area (Å²) in [5, 5.41) is 44.6. The molecule has 13 heavy (non-hydrogen) atoms. The Labute approximate surface area is 88.0 Å². The van der Waals surface area contributed by atoms with Crippen LogP contribution in [-0.2, 0) is 4.79 Å². The molecular formula is C6H11IO6. The zero-order chi connectivity index (χ0) is 10.6. The van der Waals surface area contributed by atoms with E-state index in [9.17, 15) is 4.79 Å². The number of carbonyl (C=O) groups excluding carboxylic acids is 1. The van der Waals surface area contributed by atoms with Gasteiger partial charge in [-0.05, 0) is 22.6 Å². The van der Waals surface area contributed by atoms with Gasteiger partial charge in [-0.25, -0.2) is 0 Å². The van der Waals surface area contributed by atoms with Gasteiger partial charge in [0, 0.05) is 0 Å². The number of alkyl halides is 1. The molecule has 5 N–H and O–H groups in total. The summed E-state index contributed by atoms with van der Waals surface area (Å²) in [6.45, 7) is 0. The predicted molar refractivity (Wildman–Crippen MR) is 50.1 cm³/mol. The van der Waals surface area contributed by atoms with E-state index in [-0.39, 0.29) is 6.29 Å². The van der Waals surface area contributed by atoms with Crippen molar-refractivity contribution < 1.29 is 30.3 Å². The lowest BCUT2D eigenvalue weighted by Crippen LogP contribution is -2.48. The van der Waals surface area contributed by atoms with Crippen molar-refractivity contribution in [1.29, 1.82) is 0 Å². The molecule has 0 saturated carbocycles. The van der Waals surface area contributed by atoms with E-state index in [1.54, 1.807) is 0 Å². The molecule has 6 nitrogen and oxygen atoms in total. The largest absolute Gasteiger partial charge is 0.387 e. The van der Waals surface area contributed by atoms with Crippen LogP contribution in [0, 0.1) is 0 Å². The highest BCUT2D eigenvalue weighted by molar-refractivity contribution is 14.1. The van der Waals surface area contributed by atoms with Gasteiger partial charge in [0.25, 0.3) is 0 Å². The third kappa shape index (κ3) is 3.83. The molecule has 0 aromatic rings. The van der Waals surface area contributed by atoms with Gasteiger partial charge in [-0.2, -0.15) is 0 Å². The molecule has 0 aliphatic carbocycles. The number of carbonyl (C=O) groups is 1. The van der Waals surface area contributed by atoms with Crippen LogP contribution in [0.15, 0.2) is 0 Å². The zero-order valence-electron chi connectivity index (χ0n) is 6.49. The molecule has 0 rings (SSSR count). The number of aliphatic hydroxyl groups is 5. The molecule has 0 fully saturated rings. The van der Waals surface area contributed by atoms with Crippen molar-refractivity contribution in [2.24, 2.45) is 0 Å². The van der Waals surface area contributed by atoms with E-state index in [0.29, 0.717) is 0 Å². The molecule has 0 radical (unpaired) electrons. The second-order valence-corrected chi connectivity index (χ2v) is 3.75. The van der Waals surface area contributed by atoms with E-state index in [0.717, 1.165) is 0 Å². The molecule has 0 spiro atoms. The quantitative estimate of drug-likeness (QED) is 0.216. The number of aliphatic hydroxyl groups excluding tert-OH is 5. The first kappa shape index (κ1) is 13.2. The van der Waals surface area contributed by atoms with Crippen LogP contribution < -0.4 is 0 Å². The molecule has 0 amide bonds. The third-order valence-corrected chi connectivity index (χ3v) is 2.21. The van der Waals surface area contributed by atoms with E-state index >= 15 is 0 Å². The Morgan fingerprint density at radius 2 is 1.38 bits per heavy atom. The molecule has 78 valence electrons. The summed E-state index contributed by atoms with van der Waals surface area (Å²) < 4.78 is -1.29. The van der Waals surface area contributed by atoms with Crippen LogP contribution in [0.1, 0.15) is 0 Å². The highest BCUT2D eigenvalue weighted by Crippen LogP contribution is 2.11. The lowest BCUT2D eigenvalue weighted by Gasteiger charge is -2.24. The average molecular weight is 306 g/mol. The summed E-state index contributed by atoms with van der Waals surface area (Å²) in [6.07, 6.45) is -6.95. The maximum absolute atomic E-state index is 9.98. The molecular weight excluding hydrogens is 295 g/mol. The van der Waals surface area contributed by atoms with Crippen molar-refractivity contribution in [2.75, 3.05) is 0 Å². The number of hydrogen-bond donors (Lipinski definition) is 5. The smallest absolute Gasteiger partial charge is 0.151 e. The Hall–Kier alpha value is 0.200.